The molecule has 0 bridgehead atoms. The Morgan fingerprint density at radius 3 is 3.12 bits per heavy atom. The van der Waals surface area contributed by atoms with Gasteiger partial charge >= 0.3 is 5.97 Å². The molecule has 1 N–H and O–H groups in total. The third-order valence-corrected chi connectivity index (χ3v) is 4.04. The first-order chi connectivity index (χ1) is 8.11. The van der Waals surface area contributed by atoms with Crippen LogP contribution in [0.1, 0.15) is 6.42 Å². The van der Waals surface area contributed by atoms with Gasteiger partial charge in [0, 0.05) is 24.7 Å². The molecule has 1 aromatic rings. The van der Waals surface area contributed by atoms with Gasteiger partial charge in [-0.1, -0.05) is 11.3 Å². The van der Waals surface area contributed by atoms with E-state index >= 15 is 0 Å². The zero-order valence-corrected chi connectivity index (χ0v) is 10.1. The first-order valence-corrected chi connectivity index (χ1v) is 6.30. The van der Waals surface area contributed by atoms with Crippen molar-refractivity contribution in [3.63, 3.8) is 0 Å². The minimum absolute atomic E-state index is 0.00956. The van der Waals surface area contributed by atoms with Crippen LogP contribution in [-0.4, -0.2) is 28.5 Å². The van der Waals surface area contributed by atoms with Crippen molar-refractivity contribution in [3.8, 4) is 5.40 Å². The number of carbonyl (C=O) groups is 2. The Morgan fingerprint density at radius 2 is 2.53 bits per heavy atom. The molecular formula is C9H7N3O3S2. The third kappa shape index (κ3) is 2.40. The van der Waals surface area contributed by atoms with Crippen molar-refractivity contribution in [2.45, 2.75) is 10.6 Å². The molecule has 1 atom stereocenters. The number of thiazole rings is 1. The first kappa shape index (κ1) is 11.9. The minimum atomic E-state index is -0.968. The molecule has 2 heterocycles. The highest BCUT2D eigenvalue weighted by atomic mass is 32.2. The van der Waals surface area contributed by atoms with E-state index in [9.17, 15) is 9.59 Å². The van der Waals surface area contributed by atoms with Gasteiger partial charge in [0.25, 0.3) is 0 Å². The number of rotatable bonds is 3. The summed E-state index contributed by atoms with van der Waals surface area (Å²) in [4.78, 5) is 27.8. The van der Waals surface area contributed by atoms with Gasteiger partial charge in [-0.15, -0.1) is 0 Å². The molecule has 0 radical (unpaired) electrons. The van der Waals surface area contributed by atoms with E-state index < -0.39 is 11.9 Å². The van der Waals surface area contributed by atoms with Crippen LogP contribution in [0.4, 0.5) is 5.13 Å². The number of thioether (sulfide) groups is 1. The van der Waals surface area contributed by atoms with Gasteiger partial charge in [-0.05, 0) is 0 Å². The number of amides is 1. The largest absolute Gasteiger partial charge is 0.481 e. The number of thiocyanates is 1. The molecule has 1 fully saturated rings. The van der Waals surface area contributed by atoms with Gasteiger partial charge in [-0.3, -0.25) is 14.5 Å². The number of carbonyl (C=O) groups excluding carboxylic acids is 1. The number of hydrogen-bond donors (Lipinski definition) is 1. The lowest BCUT2D eigenvalue weighted by atomic mass is 10.1. The highest BCUT2D eigenvalue weighted by Gasteiger charge is 2.36. The van der Waals surface area contributed by atoms with Crippen LogP contribution in [0.2, 0.25) is 0 Å². The molecule has 8 heteroatoms. The van der Waals surface area contributed by atoms with Gasteiger partial charge in [0.15, 0.2) is 5.13 Å². The van der Waals surface area contributed by atoms with Gasteiger partial charge in [0.05, 0.1) is 16.3 Å². The molecule has 0 aromatic carbocycles. The summed E-state index contributed by atoms with van der Waals surface area (Å²) in [6.45, 7) is 0.151. The van der Waals surface area contributed by atoms with Crippen LogP contribution in [0.15, 0.2) is 10.4 Å². The third-order valence-electron chi connectivity index (χ3n) is 2.32. The number of hydrogen-bond acceptors (Lipinski definition) is 6. The minimum Gasteiger partial charge on any atom is -0.481 e. The van der Waals surface area contributed by atoms with Crippen LogP contribution >= 0.6 is 23.1 Å². The fourth-order valence-corrected chi connectivity index (χ4v) is 2.90. The van der Waals surface area contributed by atoms with Crippen molar-refractivity contribution >= 4 is 40.1 Å². The Morgan fingerprint density at radius 1 is 1.76 bits per heavy atom. The SMILES string of the molecule is N#CSc1cnc(N2CC(C(=O)O)CC2=O)s1. The zero-order chi connectivity index (χ0) is 12.4. The molecule has 1 aliphatic rings. The lowest BCUT2D eigenvalue weighted by molar-refractivity contribution is -0.141. The Kier molecular flexibility index (Phi) is 3.31. The highest BCUT2D eigenvalue weighted by Crippen LogP contribution is 2.33. The summed E-state index contributed by atoms with van der Waals surface area (Å²) >= 11 is 2.18. The Bertz CT molecular complexity index is 508. The maximum absolute atomic E-state index is 11.6. The molecule has 88 valence electrons. The Labute approximate surface area is 105 Å². The zero-order valence-electron chi connectivity index (χ0n) is 8.49. The normalized spacial score (nSPS) is 19.4. The van der Waals surface area contributed by atoms with Crippen molar-refractivity contribution in [3.05, 3.63) is 6.20 Å². The number of aromatic nitrogens is 1. The van der Waals surface area contributed by atoms with Crippen molar-refractivity contribution in [2.75, 3.05) is 11.4 Å². The van der Waals surface area contributed by atoms with E-state index in [1.54, 1.807) is 0 Å². The molecule has 17 heavy (non-hydrogen) atoms. The van der Waals surface area contributed by atoms with E-state index in [-0.39, 0.29) is 18.9 Å². The Balaban J connectivity index is 2.15. The van der Waals surface area contributed by atoms with E-state index in [0.717, 1.165) is 11.8 Å². The topological polar surface area (TPSA) is 94.3 Å². The molecule has 1 amide bonds. The fraction of sp³-hybridized carbons (Fsp3) is 0.333. The predicted octanol–water partition coefficient (Wildman–Crippen LogP) is 1.15. The average Bonchev–Trinajstić information content (AvgIpc) is 2.85. The first-order valence-electron chi connectivity index (χ1n) is 4.66. The average molecular weight is 269 g/mol. The van der Waals surface area contributed by atoms with Gasteiger partial charge in [0.1, 0.15) is 5.40 Å². The molecule has 1 aromatic heterocycles. The highest BCUT2D eigenvalue weighted by molar-refractivity contribution is 8.05. The van der Waals surface area contributed by atoms with E-state index in [1.807, 2.05) is 5.40 Å². The summed E-state index contributed by atoms with van der Waals surface area (Å²) < 4.78 is 0.689. The van der Waals surface area contributed by atoms with E-state index in [1.165, 1.54) is 22.4 Å². The smallest absolute Gasteiger partial charge is 0.308 e. The van der Waals surface area contributed by atoms with E-state index in [4.69, 9.17) is 10.4 Å². The second-order valence-corrected chi connectivity index (χ2v) is 5.49. The van der Waals surface area contributed by atoms with Crippen molar-refractivity contribution in [2.24, 2.45) is 5.92 Å². The molecular weight excluding hydrogens is 262 g/mol. The molecule has 1 saturated heterocycles. The van der Waals surface area contributed by atoms with E-state index in [2.05, 4.69) is 4.98 Å². The maximum Gasteiger partial charge on any atom is 0.308 e. The summed E-state index contributed by atoms with van der Waals surface area (Å²) in [7, 11) is 0. The van der Waals surface area contributed by atoms with Crippen LogP contribution in [0, 0.1) is 16.6 Å². The quantitative estimate of drug-likeness (QED) is 0.653. The number of anilines is 1. The van der Waals surface area contributed by atoms with Gasteiger partial charge in [-0.25, -0.2) is 4.98 Å². The number of nitrogens with zero attached hydrogens (tertiary/aromatic N) is 3. The fourth-order valence-electron chi connectivity index (χ4n) is 1.53. The lowest BCUT2D eigenvalue weighted by Crippen LogP contribution is -2.25. The molecule has 1 aliphatic heterocycles. The maximum atomic E-state index is 11.6. The summed E-state index contributed by atoms with van der Waals surface area (Å²) in [5.74, 6) is -1.87. The second kappa shape index (κ2) is 4.73. The van der Waals surface area contributed by atoms with Crippen LogP contribution in [-0.2, 0) is 9.59 Å². The molecule has 0 aliphatic carbocycles. The van der Waals surface area contributed by atoms with Gasteiger partial charge in [0.2, 0.25) is 5.91 Å². The summed E-state index contributed by atoms with van der Waals surface area (Å²) in [5.41, 5.74) is 0. The van der Waals surface area contributed by atoms with Crippen molar-refractivity contribution in [1.82, 2.24) is 4.98 Å². The molecule has 0 saturated carbocycles. The predicted molar refractivity (Wildman–Crippen MR) is 61.7 cm³/mol. The van der Waals surface area contributed by atoms with Crippen molar-refractivity contribution in [1.29, 1.82) is 5.26 Å². The van der Waals surface area contributed by atoms with Gasteiger partial charge in [-0.2, -0.15) is 5.26 Å². The lowest BCUT2D eigenvalue weighted by Gasteiger charge is -2.10. The Hall–Kier alpha value is -1.59. The summed E-state index contributed by atoms with van der Waals surface area (Å²) in [5, 5.41) is 19.7. The molecule has 0 spiro atoms. The molecule has 6 nitrogen and oxygen atoms in total. The summed E-state index contributed by atoms with van der Waals surface area (Å²) in [6.07, 6.45) is 1.52. The number of nitriles is 1. The van der Waals surface area contributed by atoms with Crippen LogP contribution in [0.3, 0.4) is 0 Å². The van der Waals surface area contributed by atoms with Crippen LogP contribution in [0.25, 0.3) is 0 Å². The van der Waals surface area contributed by atoms with Crippen LogP contribution in [0.5, 0.6) is 0 Å². The number of carboxylic acid groups (broad SMARTS) is 1. The second-order valence-electron chi connectivity index (χ2n) is 3.40. The monoisotopic (exact) mass is 269 g/mol. The molecule has 1 unspecified atom stereocenters. The summed E-state index contributed by atoms with van der Waals surface area (Å²) in [6, 6.07) is 0. The van der Waals surface area contributed by atoms with E-state index in [0.29, 0.717) is 9.34 Å². The number of carboxylic acids is 1. The molecule has 2 rings (SSSR count). The number of aliphatic carboxylic acids is 1. The van der Waals surface area contributed by atoms with Crippen molar-refractivity contribution < 1.29 is 14.7 Å². The van der Waals surface area contributed by atoms with Crippen LogP contribution < -0.4 is 4.90 Å². The standard InChI is InChI=1S/C9H7N3O3S2/c10-4-16-7-2-11-9(17-7)12-3-5(8(14)15)1-6(12)13/h2,5H,1,3H2,(H,14,15). The van der Waals surface area contributed by atoms with Gasteiger partial charge < -0.3 is 5.11 Å².